The quantitative estimate of drug-likeness (QED) is 0.887. The van der Waals surface area contributed by atoms with E-state index in [0.29, 0.717) is 12.5 Å². The van der Waals surface area contributed by atoms with Gasteiger partial charge in [-0.05, 0) is 39.5 Å². The summed E-state index contributed by atoms with van der Waals surface area (Å²) < 4.78 is 5.10. The molecular weight excluding hydrogens is 300 g/mol. The molecule has 0 saturated heterocycles. The highest BCUT2D eigenvalue weighted by Gasteiger charge is 2.35. The molecule has 2 heterocycles. The van der Waals surface area contributed by atoms with Crippen molar-refractivity contribution in [3.63, 3.8) is 0 Å². The van der Waals surface area contributed by atoms with Gasteiger partial charge in [0, 0.05) is 23.2 Å². The molecule has 118 valence electrons. The Balaban J connectivity index is 1.60. The average Bonchev–Trinajstić information content (AvgIpc) is 3.16. The second-order valence-corrected chi connectivity index (χ2v) is 6.66. The molecule has 1 atom stereocenters. The van der Waals surface area contributed by atoms with E-state index in [2.05, 4.69) is 20.8 Å². The van der Waals surface area contributed by atoms with E-state index in [1.807, 2.05) is 26.2 Å². The summed E-state index contributed by atoms with van der Waals surface area (Å²) in [5.41, 5.74) is 2.75. The van der Waals surface area contributed by atoms with E-state index in [-0.39, 0.29) is 12.1 Å². The van der Waals surface area contributed by atoms with Crippen molar-refractivity contribution in [1.82, 2.24) is 20.8 Å². The molecule has 6 nitrogen and oxygen atoms in total. The molecule has 2 N–H and O–H groups in total. The van der Waals surface area contributed by atoms with E-state index in [1.54, 1.807) is 11.3 Å². The molecule has 3 rings (SSSR count). The largest absolute Gasteiger partial charge is 0.361 e. The number of hydrogen-bond donors (Lipinski definition) is 2. The first kappa shape index (κ1) is 15.0. The third-order valence-electron chi connectivity index (χ3n) is 3.89. The van der Waals surface area contributed by atoms with Crippen LogP contribution in [0.4, 0.5) is 4.79 Å². The zero-order chi connectivity index (χ0) is 15.7. The van der Waals surface area contributed by atoms with E-state index in [0.717, 1.165) is 40.6 Å². The number of thiazole rings is 1. The Morgan fingerprint density at radius 3 is 2.77 bits per heavy atom. The minimum absolute atomic E-state index is 0.0170. The van der Waals surface area contributed by atoms with Gasteiger partial charge in [-0.1, -0.05) is 5.16 Å². The van der Waals surface area contributed by atoms with Crippen LogP contribution >= 0.6 is 11.3 Å². The molecule has 7 heteroatoms. The smallest absolute Gasteiger partial charge is 0.315 e. The summed E-state index contributed by atoms with van der Waals surface area (Å²) in [4.78, 5) is 16.7. The van der Waals surface area contributed by atoms with Crippen LogP contribution in [0, 0.1) is 26.7 Å². The molecule has 0 aliphatic heterocycles. The Morgan fingerprint density at radius 2 is 2.23 bits per heavy atom. The van der Waals surface area contributed by atoms with Gasteiger partial charge in [-0.15, -0.1) is 11.3 Å². The Kier molecular flexibility index (Phi) is 4.15. The summed E-state index contributed by atoms with van der Waals surface area (Å²) in [6, 6.07) is -0.159. The first-order chi connectivity index (χ1) is 10.5. The van der Waals surface area contributed by atoms with E-state index < -0.39 is 0 Å². The van der Waals surface area contributed by atoms with Crippen LogP contribution in [-0.4, -0.2) is 16.2 Å². The predicted molar refractivity (Wildman–Crippen MR) is 83.7 cm³/mol. The first-order valence-electron chi connectivity index (χ1n) is 7.42. The van der Waals surface area contributed by atoms with Crippen molar-refractivity contribution in [2.24, 2.45) is 5.92 Å². The van der Waals surface area contributed by atoms with Crippen LogP contribution in [0.2, 0.25) is 0 Å². The molecule has 1 aliphatic rings. The highest BCUT2D eigenvalue weighted by Crippen LogP contribution is 2.41. The van der Waals surface area contributed by atoms with Crippen molar-refractivity contribution in [1.29, 1.82) is 0 Å². The van der Waals surface area contributed by atoms with Crippen molar-refractivity contribution in [2.45, 2.75) is 46.2 Å². The number of nitrogens with one attached hydrogen (secondary N) is 2. The van der Waals surface area contributed by atoms with E-state index in [9.17, 15) is 4.79 Å². The summed E-state index contributed by atoms with van der Waals surface area (Å²) in [7, 11) is 0. The maximum absolute atomic E-state index is 12.2. The Labute approximate surface area is 133 Å². The SMILES string of the molecule is Cc1csc([C@@H](NC(=O)NCc2c(C)noc2C)C2CC2)n1. The zero-order valence-electron chi connectivity index (χ0n) is 13.0. The first-order valence-corrected chi connectivity index (χ1v) is 8.30. The molecule has 0 aromatic carbocycles. The minimum atomic E-state index is -0.176. The molecule has 0 spiro atoms. The van der Waals surface area contributed by atoms with Crippen LogP contribution in [0.5, 0.6) is 0 Å². The maximum atomic E-state index is 12.2. The number of aromatic nitrogens is 2. The number of rotatable bonds is 5. The Morgan fingerprint density at radius 1 is 1.45 bits per heavy atom. The van der Waals surface area contributed by atoms with Gasteiger partial charge in [0.15, 0.2) is 0 Å². The van der Waals surface area contributed by atoms with Crippen molar-refractivity contribution in [2.75, 3.05) is 0 Å². The van der Waals surface area contributed by atoms with Crippen LogP contribution in [0.1, 0.15) is 46.6 Å². The number of hydrogen-bond acceptors (Lipinski definition) is 5. The molecule has 2 aromatic rings. The van der Waals surface area contributed by atoms with Gasteiger partial charge in [-0.3, -0.25) is 0 Å². The van der Waals surface area contributed by atoms with Crippen LogP contribution in [0.25, 0.3) is 0 Å². The predicted octanol–water partition coefficient (Wildman–Crippen LogP) is 3.01. The monoisotopic (exact) mass is 320 g/mol. The molecule has 22 heavy (non-hydrogen) atoms. The summed E-state index contributed by atoms with van der Waals surface area (Å²) in [5, 5.41) is 12.8. The van der Waals surface area contributed by atoms with Crippen molar-refractivity contribution in [3.05, 3.63) is 33.1 Å². The number of carbonyl (C=O) groups is 1. The van der Waals surface area contributed by atoms with E-state index in [4.69, 9.17) is 4.52 Å². The molecule has 2 amide bonds. The summed E-state index contributed by atoms with van der Waals surface area (Å²) in [6.07, 6.45) is 2.29. The maximum Gasteiger partial charge on any atom is 0.315 e. The van der Waals surface area contributed by atoms with Crippen LogP contribution in [0.15, 0.2) is 9.90 Å². The van der Waals surface area contributed by atoms with E-state index in [1.165, 1.54) is 0 Å². The number of nitrogens with zero attached hydrogens (tertiary/aromatic N) is 2. The minimum Gasteiger partial charge on any atom is -0.361 e. The van der Waals surface area contributed by atoms with Crippen molar-refractivity contribution >= 4 is 17.4 Å². The molecular formula is C15H20N4O2S. The number of aryl methyl sites for hydroxylation is 3. The van der Waals surface area contributed by atoms with Gasteiger partial charge in [0.05, 0.1) is 11.7 Å². The van der Waals surface area contributed by atoms with E-state index >= 15 is 0 Å². The number of urea groups is 1. The van der Waals surface area contributed by atoms with Crippen molar-refractivity contribution < 1.29 is 9.32 Å². The molecule has 0 radical (unpaired) electrons. The highest BCUT2D eigenvalue weighted by molar-refractivity contribution is 7.09. The normalized spacial score (nSPS) is 15.6. The standard InChI is InChI=1S/C15H20N4O2S/c1-8-7-22-14(17-8)13(11-4-5-11)18-15(20)16-6-12-9(2)19-21-10(12)3/h7,11,13H,4-6H2,1-3H3,(H2,16,18,20)/t13-/m0/s1. The van der Waals surface area contributed by atoms with Gasteiger partial charge in [-0.2, -0.15) is 0 Å². The van der Waals surface area contributed by atoms with Gasteiger partial charge in [0.2, 0.25) is 0 Å². The van der Waals surface area contributed by atoms with Gasteiger partial charge in [0.25, 0.3) is 0 Å². The van der Waals surface area contributed by atoms with Gasteiger partial charge in [0.1, 0.15) is 10.8 Å². The lowest BCUT2D eigenvalue weighted by Gasteiger charge is -2.16. The molecule has 2 aromatic heterocycles. The Hall–Kier alpha value is -1.89. The summed E-state index contributed by atoms with van der Waals surface area (Å²) >= 11 is 1.61. The lowest BCUT2D eigenvalue weighted by molar-refractivity contribution is 0.235. The molecule has 1 fully saturated rings. The van der Waals surface area contributed by atoms with Crippen LogP contribution < -0.4 is 10.6 Å². The van der Waals surface area contributed by atoms with Crippen LogP contribution in [-0.2, 0) is 6.54 Å². The van der Waals surface area contributed by atoms with Gasteiger partial charge >= 0.3 is 6.03 Å². The molecule has 0 bridgehead atoms. The zero-order valence-corrected chi connectivity index (χ0v) is 13.8. The molecule has 1 aliphatic carbocycles. The van der Waals surface area contributed by atoms with Gasteiger partial charge in [-0.25, -0.2) is 9.78 Å². The lowest BCUT2D eigenvalue weighted by Crippen LogP contribution is -2.38. The second kappa shape index (κ2) is 6.08. The fraction of sp³-hybridized carbons (Fsp3) is 0.533. The molecule has 1 saturated carbocycles. The van der Waals surface area contributed by atoms with Gasteiger partial charge < -0.3 is 15.2 Å². The fourth-order valence-electron chi connectivity index (χ4n) is 2.44. The average molecular weight is 320 g/mol. The fourth-order valence-corrected chi connectivity index (χ4v) is 3.38. The number of carbonyl (C=O) groups excluding carboxylic acids is 1. The van der Waals surface area contributed by atoms with Crippen LogP contribution in [0.3, 0.4) is 0 Å². The third-order valence-corrected chi connectivity index (χ3v) is 4.94. The number of amides is 2. The second-order valence-electron chi connectivity index (χ2n) is 5.77. The van der Waals surface area contributed by atoms with Crippen molar-refractivity contribution in [3.8, 4) is 0 Å². The summed E-state index contributed by atoms with van der Waals surface area (Å²) in [6.45, 7) is 6.11. The molecule has 0 unspecified atom stereocenters. The lowest BCUT2D eigenvalue weighted by atomic mass is 10.2. The Bertz CT molecular complexity index is 655. The topological polar surface area (TPSA) is 80.0 Å². The third kappa shape index (κ3) is 3.30. The summed E-state index contributed by atoms with van der Waals surface area (Å²) in [5.74, 6) is 1.25. The highest BCUT2D eigenvalue weighted by atomic mass is 32.1.